The van der Waals surface area contributed by atoms with Crippen LogP contribution in [0.25, 0.3) is 21.6 Å². The van der Waals surface area contributed by atoms with Crippen molar-refractivity contribution < 1.29 is 9.90 Å². The van der Waals surface area contributed by atoms with E-state index in [1.54, 1.807) is 30.3 Å². The van der Waals surface area contributed by atoms with Crippen LogP contribution < -0.4 is 5.32 Å². The number of para-hydroxylation sites is 1. The van der Waals surface area contributed by atoms with Gasteiger partial charge in [-0.1, -0.05) is 42.5 Å². The largest absolute Gasteiger partial charge is 0.505 e. The molecule has 174 valence electrons. The Hall–Kier alpha value is -5.43. The molecule has 0 radical (unpaired) electrons. The Bertz CT molecular complexity index is 1670. The van der Waals surface area contributed by atoms with Gasteiger partial charge in [0, 0.05) is 23.5 Å². The number of anilines is 1. The zero-order chi connectivity index (χ0) is 25.1. The lowest BCUT2D eigenvalue weighted by Gasteiger charge is -2.12. The number of carbonyl (C=O) groups is 1. The van der Waals surface area contributed by atoms with Crippen molar-refractivity contribution in [3.05, 3.63) is 102 Å². The van der Waals surface area contributed by atoms with Gasteiger partial charge in [-0.25, -0.2) is 14.8 Å². The fourth-order valence-electron chi connectivity index (χ4n) is 3.64. The summed E-state index contributed by atoms with van der Waals surface area (Å²) in [6, 6.07) is 17.8. The van der Waals surface area contributed by atoms with E-state index in [4.69, 9.17) is 6.57 Å². The molecule has 0 aliphatic rings. The molecule has 10 heteroatoms. The number of aromatic nitrogens is 4. The average molecular weight is 474 g/mol. The molecule has 5 aromatic rings. The molecule has 0 saturated carbocycles. The number of phenolic OH excluding ortho intramolecular Hbond substituents is 1. The van der Waals surface area contributed by atoms with Crippen molar-refractivity contribution in [1.82, 2.24) is 19.7 Å². The molecule has 3 aromatic carbocycles. The van der Waals surface area contributed by atoms with Crippen LogP contribution in [-0.4, -0.2) is 30.8 Å². The van der Waals surface area contributed by atoms with Crippen molar-refractivity contribution in [3.8, 4) is 11.7 Å². The summed E-state index contributed by atoms with van der Waals surface area (Å²) in [7, 11) is 0. The lowest BCUT2D eigenvalue weighted by atomic mass is 10.0. The maximum atomic E-state index is 13.1. The van der Waals surface area contributed by atoms with Crippen molar-refractivity contribution in [2.75, 3.05) is 5.32 Å². The number of nitrogens with zero attached hydrogens (tertiary/aromatic N) is 7. The van der Waals surface area contributed by atoms with Gasteiger partial charge in [-0.3, -0.25) is 4.79 Å². The smallest absolute Gasteiger partial charge is 0.259 e. The molecular weight excluding hydrogens is 456 g/mol. The molecule has 0 saturated heterocycles. The Kier molecular flexibility index (Phi) is 5.86. The zero-order valence-corrected chi connectivity index (χ0v) is 19.0. The van der Waals surface area contributed by atoms with Crippen LogP contribution in [0.5, 0.6) is 5.75 Å². The summed E-state index contributed by atoms with van der Waals surface area (Å²) in [5.74, 6) is -0.528. The fraction of sp³-hybridized carbons (Fsp3) is 0.0385. The van der Waals surface area contributed by atoms with Crippen molar-refractivity contribution in [2.45, 2.75) is 6.92 Å². The van der Waals surface area contributed by atoms with Gasteiger partial charge in [-0.05, 0) is 36.1 Å². The molecule has 2 N–H and O–H groups in total. The van der Waals surface area contributed by atoms with Crippen LogP contribution >= 0.6 is 0 Å². The summed E-state index contributed by atoms with van der Waals surface area (Å²) in [6.45, 7) is 9.34. The average Bonchev–Trinajstić information content (AvgIpc) is 3.32. The molecule has 36 heavy (non-hydrogen) atoms. The van der Waals surface area contributed by atoms with E-state index in [9.17, 15) is 9.90 Å². The topological polar surface area (TPSA) is 122 Å². The molecule has 2 aromatic heterocycles. The van der Waals surface area contributed by atoms with Crippen LogP contribution in [0.3, 0.4) is 0 Å². The minimum atomic E-state index is -0.492. The fourth-order valence-corrected chi connectivity index (χ4v) is 3.64. The molecule has 5 rings (SSSR count). The molecule has 0 fully saturated rings. The van der Waals surface area contributed by atoms with Crippen molar-refractivity contribution in [3.63, 3.8) is 0 Å². The zero-order valence-electron chi connectivity index (χ0n) is 19.0. The standard InChI is InChI=1S/C26H18N8O2/c1-16-8-3-6-11-20(16)31-25(36)19-14-17-9-4-5-10-18(17)22(23(19)35)32-33-24-21(27-2)15-30-34(24)26-28-12-7-13-29-26/h3-15,35H,1H3,(H,31,36). The van der Waals surface area contributed by atoms with Crippen LogP contribution in [0.2, 0.25) is 0 Å². The number of amides is 1. The van der Waals surface area contributed by atoms with E-state index >= 15 is 0 Å². The van der Waals surface area contributed by atoms with E-state index in [1.807, 2.05) is 37.3 Å². The number of carbonyl (C=O) groups excluding carboxylic acids is 1. The van der Waals surface area contributed by atoms with Crippen LogP contribution in [0.4, 0.5) is 22.9 Å². The van der Waals surface area contributed by atoms with Crippen LogP contribution in [-0.2, 0) is 0 Å². The number of phenols is 1. The molecule has 1 amide bonds. The number of hydrogen-bond acceptors (Lipinski definition) is 7. The summed E-state index contributed by atoms with van der Waals surface area (Å²) in [6.07, 6.45) is 4.42. The maximum absolute atomic E-state index is 13.1. The summed E-state index contributed by atoms with van der Waals surface area (Å²) >= 11 is 0. The molecule has 2 heterocycles. The van der Waals surface area contributed by atoms with E-state index in [-0.39, 0.29) is 34.5 Å². The van der Waals surface area contributed by atoms with E-state index in [0.29, 0.717) is 16.5 Å². The lowest BCUT2D eigenvalue weighted by Crippen LogP contribution is -2.13. The first-order valence-electron chi connectivity index (χ1n) is 10.8. The van der Waals surface area contributed by atoms with E-state index in [2.05, 4.69) is 35.5 Å². The van der Waals surface area contributed by atoms with Gasteiger partial charge in [-0.2, -0.15) is 9.78 Å². The van der Waals surface area contributed by atoms with Crippen LogP contribution in [0.1, 0.15) is 15.9 Å². The quantitative estimate of drug-likeness (QED) is 0.237. The minimum Gasteiger partial charge on any atom is -0.505 e. The first-order valence-corrected chi connectivity index (χ1v) is 10.8. The van der Waals surface area contributed by atoms with E-state index in [0.717, 1.165) is 5.56 Å². The van der Waals surface area contributed by atoms with Crippen molar-refractivity contribution in [2.24, 2.45) is 10.2 Å². The second-order valence-electron chi connectivity index (χ2n) is 7.74. The monoisotopic (exact) mass is 474 g/mol. The minimum absolute atomic E-state index is 0.0382. The Morgan fingerprint density at radius 3 is 2.58 bits per heavy atom. The highest BCUT2D eigenvalue weighted by Gasteiger charge is 2.20. The molecule has 0 unspecified atom stereocenters. The third-order valence-corrected chi connectivity index (χ3v) is 5.47. The highest BCUT2D eigenvalue weighted by Crippen LogP contribution is 2.40. The Morgan fingerprint density at radius 2 is 1.81 bits per heavy atom. The molecule has 10 nitrogen and oxygen atoms in total. The number of rotatable bonds is 5. The van der Waals surface area contributed by atoms with Gasteiger partial charge in [0.25, 0.3) is 17.5 Å². The third kappa shape index (κ3) is 4.12. The van der Waals surface area contributed by atoms with Crippen molar-refractivity contribution >= 4 is 39.6 Å². The third-order valence-electron chi connectivity index (χ3n) is 5.47. The SMILES string of the molecule is [C-]#[N+]c1cnn(-c2ncccn2)c1N=Nc1c(O)c(C(=O)Nc2ccccc2C)cc2ccccc12. The van der Waals surface area contributed by atoms with Crippen LogP contribution in [0, 0.1) is 13.5 Å². The number of nitrogens with one attached hydrogen (secondary N) is 1. The molecule has 0 atom stereocenters. The van der Waals surface area contributed by atoms with Gasteiger partial charge in [0.15, 0.2) is 11.6 Å². The predicted molar refractivity (Wildman–Crippen MR) is 134 cm³/mol. The normalized spacial score (nSPS) is 11.0. The Morgan fingerprint density at radius 1 is 1.06 bits per heavy atom. The number of benzene rings is 3. The van der Waals surface area contributed by atoms with Gasteiger partial charge in [-0.15, -0.1) is 10.2 Å². The number of aryl methyl sites for hydroxylation is 1. The van der Waals surface area contributed by atoms with Gasteiger partial charge >= 0.3 is 0 Å². The summed E-state index contributed by atoms with van der Waals surface area (Å²) in [4.78, 5) is 24.9. The highest BCUT2D eigenvalue weighted by molar-refractivity contribution is 6.12. The first kappa shape index (κ1) is 22.4. The molecule has 0 bridgehead atoms. The predicted octanol–water partition coefficient (Wildman–Crippen LogP) is 6.05. The number of azo groups is 1. The number of fused-ring (bicyclic) bond motifs is 1. The Balaban J connectivity index is 1.61. The lowest BCUT2D eigenvalue weighted by molar-refractivity contribution is 0.102. The van der Waals surface area contributed by atoms with Crippen LogP contribution in [0.15, 0.2) is 89.5 Å². The van der Waals surface area contributed by atoms with Gasteiger partial charge < -0.3 is 10.4 Å². The molecular formula is C26H18N8O2. The highest BCUT2D eigenvalue weighted by atomic mass is 16.3. The summed E-state index contributed by atoms with van der Waals surface area (Å²) in [5.41, 5.74) is 1.76. The molecule has 0 aliphatic heterocycles. The summed E-state index contributed by atoms with van der Waals surface area (Å²) < 4.78 is 1.28. The second kappa shape index (κ2) is 9.44. The second-order valence-corrected chi connectivity index (χ2v) is 7.74. The molecule has 0 spiro atoms. The van der Waals surface area contributed by atoms with Crippen molar-refractivity contribution in [1.29, 1.82) is 0 Å². The van der Waals surface area contributed by atoms with Gasteiger partial charge in [0.1, 0.15) is 5.69 Å². The van der Waals surface area contributed by atoms with Gasteiger partial charge in [0.2, 0.25) is 0 Å². The van der Waals surface area contributed by atoms with E-state index < -0.39 is 5.91 Å². The summed E-state index contributed by atoms with van der Waals surface area (Å²) in [5, 5.41) is 27.9. The van der Waals surface area contributed by atoms with Gasteiger partial charge in [0.05, 0.1) is 18.3 Å². The first-order chi connectivity index (χ1) is 17.6. The van der Waals surface area contributed by atoms with E-state index in [1.165, 1.54) is 23.3 Å². The Labute approximate surface area is 205 Å². The number of hydrogen-bond donors (Lipinski definition) is 2. The molecule has 0 aliphatic carbocycles. The maximum Gasteiger partial charge on any atom is 0.259 e. The number of aromatic hydroxyl groups is 1.